The molecule has 39 heavy (non-hydrogen) atoms. The molecule has 8 heteroatoms. The molecule has 1 saturated heterocycles. The van der Waals surface area contributed by atoms with Crippen LogP contribution in [0.3, 0.4) is 0 Å². The van der Waals surface area contributed by atoms with Crippen LogP contribution in [0, 0.1) is 0 Å². The van der Waals surface area contributed by atoms with Crippen LogP contribution < -0.4 is 20.9 Å². The molecule has 8 nitrogen and oxygen atoms in total. The molecule has 0 atom stereocenters. The van der Waals surface area contributed by atoms with Gasteiger partial charge in [0.05, 0.1) is 0 Å². The fraction of sp³-hybridized carbons (Fsp3) is 0.355. The quantitative estimate of drug-likeness (QED) is 0.392. The van der Waals surface area contributed by atoms with Gasteiger partial charge < -0.3 is 25.0 Å². The number of fused-ring (bicyclic) bond motifs is 3. The van der Waals surface area contributed by atoms with Crippen molar-refractivity contribution in [2.24, 2.45) is 0 Å². The fourth-order valence-corrected chi connectivity index (χ4v) is 5.20. The van der Waals surface area contributed by atoms with E-state index in [-0.39, 0.29) is 19.1 Å². The number of anilines is 2. The number of nitrogens with zero attached hydrogens (tertiary/aromatic N) is 1. The number of rotatable bonds is 6. The van der Waals surface area contributed by atoms with E-state index in [0.717, 1.165) is 37.4 Å². The van der Waals surface area contributed by atoms with Gasteiger partial charge in [-0.05, 0) is 66.8 Å². The van der Waals surface area contributed by atoms with Gasteiger partial charge >= 0.3 is 12.2 Å². The molecular weight excluding hydrogens is 492 g/mol. The summed E-state index contributed by atoms with van der Waals surface area (Å²) in [5.74, 6) is 0.00354. The standard InChI is InChI=1S/C31H36N4O4/c1-31(2,3)39-30(37)34-22-16-21(17-23(18-22)35-14-12-32-13-15-35)19-33-29(36)38-20-28-26-10-6-4-8-24(26)25-9-5-7-11-27(25)28/h4-11,16-18,28,32H,12-15,19-20H2,1-3H3,(H,33,36)(H,34,37). The molecule has 1 aliphatic carbocycles. The number of hydrogen-bond donors (Lipinski definition) is 3. The summed E-state index contributed by atoms with van der Waals surface area (Å²) in [5, 5.41) is 9.08. The van der Waals surface area contributed by atoms with Crippen molar-refractivity contribution in [3.05, 3.63) is 83.4 Å². The van der Waals surface area contributed by atoms with Gasteiger partial charge in [0.1, 0.15) is 12.2 Å². The zero-order valence-electron chi connectivity index (χ0n) is 22.8. The molecule has 0 bridgehead atoms. The van der Waals surface area contributed by atoms with Crippen molar-refractivity contribution in [2.75, 3.05) is 43.0 Å². The lowest BCUT2D eigenvalue weighted by Gasteiger charge is -2.30. The molecule has 1 heterocycles. The average molecular weight is 529 g/mol. The highest BCUT2D eigenvalue weighted by molar-refractivity contribution is 5.86. The summed E-state index contributed by atoms with van der Waals surface area (Å²) >= 11 is 0. The lowest BCUT2D eigenvalue weighted by atomic mass is 9.98. The Morgan fingerprint density at radius 1 is 0.923 bits per heavy atom. The Labute approximate surface area is 229 Å². The first-order valence-electron chi connectivity index (χ1n) is 13.5. The SMILES string of the molecule is CC(C)(C)OC(=O)Nc1cc(CNC(=O)OCC2c3ccccc3-c3ccccc32)cc(N2CCNCC2)c1. The van der Waals surface area contributed by atoms with E-state index in [1.54, 1.807) is 0 Å². The zero-order chi connectivity index (χ0) is 27.4. The Hall–Kier alpha value is -4.04. The summed E-state index contributed by atoms with van der Waals surface area (Å²) in [7, 11) is 0. The molecule has 2 aliphatic rings. The van der Waals surface area contributed by atoms with Crippen LogP contribution >= 0.6 is 0 Å². The molecule has 3 aromatic carbocycles. The summed E-state index contributed by atoms with van der Waals surface area (Å²) in [5.41, 5.74) is 6.58. The number of ether oxygens (including phenoxy) is 2. The van der Waals surface area contributed by atoms with E-state index in [0.29, 0.717) is 5.69 Å². The summed E-state index contributed by atoms with van der Waals surface area (Å²) in [6.07, 6.45) is -0.999. The third-order valence-corrected chi connectivity index (χ3v) is 6.89. The van der Waals surface area contributed by atoms with Crippen molar-refractivity contribution >= 4 is 23.6 Å². The van der Waals surface area contributed by atoms with E-state index in [1.807, 2.05) is 63.2 Å². The van der Waals surface area contributed by atoms with Crippen molar-refractivity contribution in [2.45, 2.75) is 38.8 Å². The summed E-state index contributed by atoms with van der Waals surface area (Å²) < 4.78 is 11.1. The number of benzene rings is 3. The van der Waals surface area contributed by atoms with Gasteiger partial charge in [-0.15, -0.1) is 0 Å². The lowest BCUT2D eigenvalue weighted by molar-refractivity contribution is 0.0636. The molecular formula is C31H36N4O4. The van der Waals surface area contributed by atoms with Crippen LogP contribution in [-0.4, -0.2) is 50.6 Å². The second kappa shape index (κ2) is 11.4. The first kappa shape index (κ1) is 26.6. The molecule has 0 unspecified atom stereocenters. The molecule has 5 rings (SSSR count). The third-order valence-electron chi connectivity index (χ3n) is 6.89. The third kappa shape index (κ3) is 6.52. The fourth-order valence-electron chi connectivity index (χ4n) is 5.20. The van der Waals surface area contributed by atoms with Gasteiger partial charge in [-0.2, -0.15) is 0 Å². The van der Waals surface area contributed by atoms with E-state index < -0.39 is 17.8 Å². The Balaban J connectivity index is 1.25. The maximum Gasteiger partial charge on any atom is 0.412 e. The Morgan fingerprint density at radius 3 is 2.21 bits per heavy atom. The molecule has 0 radical (unpaired) electrons. The number of alkyl carbamates (subject to hydrolysis) is 1. The van der Waals surface area contributed by atoms with E-state index in [2.05, 4.69) is 45.1 Å². The summed E-state index contributed by atoms with van der Waals surface area (Å²) in [6.45, 7) is 9.48. The summed E-state index contributed by atoms with van der Waals surface area (Å²) in [6, 6.07) is 22.4. The van der Waals surface area contributed by atoms with Gasteiger partial charge in [-0.25, -0.2) is 9.59 Å². The molecule has 0 spiro atoms. The Morgan fingerprint density at radius 2 is 1.56 bits per heavy atom. The smallest absolute Gasteiger partial charge is 0.412 e. The monoisotopic (exact) mass is 528 g/mol. The highest BCUT2D eigenvalue weighted by atomic mass is 16.6. The van der Waals surface area contributed by atoms with Crippen LogP contribution in [0.15, 0.2) is 66.7 Å². The largest absolute Gasteiger partial charge is 0.449 e. The molecule has 1 aliphatic heterocycles. The van der Waals surface area contributed by atoms with Crippen molar-refractivity contribution in [3.8, 4) is 11.1 Å². The minimum absolute atomic E-state index is 0.00354. The molecule has 204 valence electrons. The Kier molecular flexibility index (Phi) is 7.74. The van der Waals surface area contributed by atoms with Gasteiger partial charge in [0.15, 0.2) is 0 Å². The predicted molar refractivity (Wildman–Crippen MR) is 153 cm³/mol. The minimum Gasteiger partial charge on any atom is -0.449 e. The molecule has 1 fully saturated rings. The Bertz CT molecular complexity index is 1300. The zero-order valence-corrected chi connectivity index (χ0v) is 22.8. The number of nitrogens with one attached hydrogen (secondary N) is 3. The van der Waals surface area contributed by atoms with Crippen molar-refractivity contribution < 1.29 is 19.1 Å². The molecule has 0 saturated carbocycles. The average Bonchev–Trinajstić information content (AvgIpc) is 3.23. The number of carbonyl (C=O) groups excluding carboxylic acids is 2. The second-order valence-electron chi connectivity index (χ2n) is 10.9. The highest BCUT2D eigenvalue weighted by Crippen LogP contribution is 2.44. The van der Waals surface area contributed by atoms with Crippen LogP contribution in [0.4, 0.5) is 21.0 Å². The minimum atomic E-state index is -0.602. The van der Waals surface area contributed by atoms with Crippen LogP contribution in [-0.2, 0) is 16.0 Å². The van der Waals surface area contributed by atoms with Gasteiger partial charge in [0.2, 0.25) is 0 Å². The molecule has 3 aromatic rings. The van der Waals surface area contributed by atoms with E-state index >= 15 is 0 Å². The highest BCUT2D eigenvalue weighted by Gasteiger charge is 2.29. The van der Waals surface area contributed by atoms with Crippen LogP contribution in [0.5, 0.6) is 0 Å². The number of piperazine rings is 1. The van der Waals surface area contributed by atoms with Crippen LogP contribution in [0.25, 0.3) is 11.1 Å². The number of amides is 2. The topological polar surface area (TPSA) is 91.9 Å². The molecule has 3 N–H and O–H groups in total. The van der Waals surface area contributed by atoms with Crippen molar-refractivity contribution in [3.63, 3.8) is 0 Å². The molecule has 2 amide bonds. The normalized spacial score (nSPS) is 14.8. The van der Waals surface area contributed by atoms with Gasteiger partial charge in [0, 0.05) is 50.0 Å². The molecule has 0 aromatic heterocycles. The maximum atomic E-state index is 12.8. The van der Waals surface area contributed by atoms with Crippen LogP contribution in [0.1, 0.15) is 43.4 Å². The first-order valence-corrected chi connectivity index (χ1v) is 13.5. The van der Waals surface area contributed by atoms with E-state index in [4.69, 9.17) is 9.47 Å². The first-order chi connectivity index (χ1) is 18.8. The number of hydrogen-bond acceptors (Lipinski definition) is 6. The van der Waals surface area contributed by atoms with Gasteiger partial charge in [-0.3, -0.25) is 5.32 Å². The van der Waals surface area contributed by atoms with Crippen molar-refractivity contribution in [1.29, 1.82) is 0 Å². The van der Waals surface area contributed by atoms with E-state index in [1.165, 1.54) is 22.3 Å². The van der Waals surface area contributed by atoms with Gasteiger partial charge in [0.25, 0.3) is 0 Å². The van der Waals surface area contributed by atoms with Gasteiger partial charge in [-0.1, -0.05) is 48.5 Å². The van der Waals surface area contributed by atoms with E-state index in [9.17, 15) is 9.59 Å². The predicted octanol–water partition coefficient (Wildman–Crippen LogP) is 5.48. The maximum absolute atomic E-state index is 12.8. The lowest BCUT2D eigenvalue weighted by Crippen LogP contribution is -2.43. The number of carbonyl (C=O) groups is 2. The second-order valence-corrected chi connectivity index (χ2v) is 10.9. The summed E-state index contributed by atoms with van der Waals surface area (Å²) in [4.78, 5) is 27.5. The van der Waals surface area contributed by atoms with Crippen LogP contribution in [0.2, 0.25) is 0 Å². The van der Waals surface area contributed by atoms with Crippen molar-refractivity contribution in [1.82, 2.24) is 10.6 Å².